The van der Waals surface area contributed by atoms with Crippen molar-refractivity contribution >= 4 is 24.4 Å². The Morgan fingerprint density at radius 1 is 1.03 bits per heavy atom. The first-order valence-corrected chi connectivity index (χ1v) is 11.2. The molecule has 0 fully saturated rings. The first-order chi connectivity index (χ1) is 15.1. The first kappa shape index (κ1) is 24.0. The lowest BCUT2D eigenvalue weighted by Gasteiger charge is -2.25. The van der Waals surface area contributed by atoms with Crippen LogP contribution in [0.4, 0.5) is 18.9 Å². The van der Waals surface area contributed by atoms with Gasteiger partial charge < -0.3 is 10.3 Å². The Hall–Kier alpha value is -2.65. The van der Waals surface area contributed by atoms with Gasteiger partial charge in [-0.25, -0.2) is 4.57 Å². The standard InChI is InChI=1S/C21H22F3N2O5P/c1-3-29-32(28,30-4-2)31-20(25-16-11-9-15(10-12-16)21(22,23)24)17-13-14-7-5-6-8-18(14)26-19(17)27/h5-13,20,25H,3-4H2,1-2H3,(H,26,27). The Balaban J connectivity index is 2.02. The van der Waals surface area contributed by atoms with E-state index in [2.05, 4.69) is 10.3 Å². The Bertz CT molecular complexity index is 1150. The van der Waals surface area contributed by atoms with Gasteiger partial charge in [-0.15, -0.1) is 0 Å². The number of para-hydroxylation sites is 1. The van der Waals surface area contributed by atoms with Crippen LogP contribution in [0.2, 0.25) is 0 Å². The zero-order valence-corrected chi connectivity index (χ0v) is 18.2. The Morgan fingerprint density at radius 2 is 1.66 bits per heavy atom. The van der Waals surface area contributed by atoms with Crippen LogP contribution >= 0.6 is 7.82 Å². The van der Waals surface area contributed by atoms with Crippen LogP contribution in [-0.2, 0) is 24.3 Å². The fourth-order valence-corrected chi connectivity index (χ4v) is 4.22. The second-order valence-corrected chi connectivity index (χ2v) is 8.25. The number of phosphoric acid groups is 1. The number of pyridine rings is 1. The molecule has 0 aliphatic carbocycles. The van der Waals surface area contributed by atoms with Crippen LogP contribution in [0.3, 0.4) is 0 Å². The van der Waals surface area contributed by atoms with Crippen molar-refractivity contribution < 1.29 is 31.3 Å². The smallest absolute Gasteiger partial charge is 0.356 e. The molecule has 172 valence electrons. The Labute approximate surface area is 182 Å². The van der Waals surface area contributed by atoms with E-state index in [-0.39, 0.29) is 24.5 Å². The predicted molar refractivity (Wildman–Crippen MR) is 114 cm³/mol. The number of anilines is 1. The molecule has 0 saturated carbocycles. The van der Waals surface area contributed by atoms with Crippen LogP contribution in [-0.4, -0.2) is 18.2 Å². The molecule has 1 aromatic heterocycles. The van der Waals surface area contributed by atoms with Gasteiger partial charge in [-0.1, -0.05) is 18.2 Å². The molecular weight excluding hydrogens is 448 g/mol. The van der Waals surface area contributed by atoms with Crippen molar-refractivity contribution in [1.82, 2.24) is 4.98 Å². The Kier molecular flexibility index (Phi) is 7.40. The summed E-state index contributed by atoms with van der Waals surface area (Å²) in [5.41, 5.74) is -0.545. The normalized spacial score (nSPS) is 13.3. The average molecular weight is 470 g/mol. The predicted octanol–water partition coefficient (Wildman–Crippen LogP) is 5.86. The molecule has 0 aliphatic rings. The van der Waals surface area contributed by atoms with Gasteiger partial charge in [0.2, 0.25) is 0 Å². The summed E-state index contributed by atoms with van der Waals surface area (Å²) in [5.74, 6) is 0. The number of benzene rings is 2. The second kappa shape index (κ2) is 9.87. The number of aromatic nitrogens is 1. The number of H-pyrrole nitrogens is 1. The third-order valence-corrected chi connectivity index (χ3v) is 6.00. The number of aromatic amines is 1. The Morgan fingerprint density at radius 3 is 2.25 bits per heavy atom. The van der Waals surface area contributed by atoms with Gasteiger partial charge in [0.25, 0.3) is 5.56 Å². The maximum absolute atomic E-state index is 13.0. The zero-order chi connectivity index (χ0) is 23.4. The lowest BCUT2D eigenvalue weighted by atomic mass is 10.1. The van der Waals surface area contributed by atoms with E-state index < -0.39 is 31.3 Å². The molecule has 0 radical (unpaired) electrons. The first-order valence-electron chi connectivity index (χ1n) is 9.78. The quantitative estimate of drug-likeness (QED) is 0.301. The van der Waals surface area contributed by atoms with E-state index in [9.17, 15) is 22.5 Å². The molecule has 0 saturated heterocycles. The number of hydrogen-bond donors (Lipinski definition) is 2. The number of fused-ring (bicyclic) bond motifs is 1. The summed E-state index contributed by atoms with van der Waals surface area (Å²) < 4.78 is 67.5. The minimum atomic E-state index is -4.50. The molecule has 0 amide bonds. The summed E-state index contributed by atoms with van der Waals surface area (Å²) >= 11 is 0. The van der Waals surface area contributed by atoms with E-state index in [4.69, 9.17) is 13.6 Å². The van der Waals surface area contributed by atoms with Gasteiger partial charge >= 0.3 is 14.0 Å². The molecule has 7 nitrogen and oxygen atoms in total. The van der Waals surface area contributed by atoms with Gasteiger partial charge in [0.15, 0.2) is 6.23 Å². The molecule has 0 bridgehead atoms. The SMILES string of the molecule is CCOP(=O)(OCC)OC(Nc1ccc(C(F)(F)F)cc1)c1cc2ccccc2[nH]c1=O. The molecular formula is C21H22F3N2O5P. The van der Waals surface area contributed by atoms with Crippen molar-refractivity contribution in [2.75, 3.05) is 18.5 Å². The maximum Gasteiger partial charge on any atom is 0.476 e. The molecule has 3 rings (SSSR count). The molecule has 0 spiro atoms. The monoisotopic (exact) mass is 470 g/mol. The van der Waals surface area contributed by atoms with Gasteiger partial charge in [0.05, 0.1) is 24.3 Å². The van der Waals surface area contributed by atoms with E-state index in [0.717, 1.165) is 12.1 Å². The molecule has 1 unspecified atom stereocenters. The summed E-state index contributed by atoms with van der Waals surface area (Å²) in [6, 6.07) is 12.7. The van der Waals surface area contributed by atoms with E-state index in [1.54, 1.807) is 38.1 Å². The van der Waals surface area contributed by atoms with Crippen LogP contribution in [0.25, 0.3) is 10.9 Å². The molecule has 0 aliphatic heterocycles. The van der Waals surface area contributed by atoms with E-state index in [0.29, 0.717) is 10.9 Å². The number of phosphoric ester groups is 1. The van der Waals surface area contributed by atoms with E-state index >= 15 is 0 Å². The maximum atomic E-state index is 13.0. The van der Waals surface area contributed by atoms with Gasteiger partial charge in [0, 0.05) is 11.2 Å². The molecule has 32 heavy (non-hydrogen) atoms. The average Bonchev–Trinajstić information content (AvgIpc) is 2.73. The third kappa shape index (κ3) is 5.77. The summed E-state index contributed by atoms with van der Waals surface area (Å²) in [6.07, 6.45) is -5.84. The van der Waals surface area contributed by atoms with Gasteiger partial charge in [-0.05, 0) is 55.6 Å². The lowest BCUT2D eigenvalue weighted by molar-refractivity contribution is -0.137. The third-order valence-electron chi connectivity index (χ3n) is 4.38. The van der Waals surface area contributed by atoms with Crippen molar-refractivity contribution in [3.8, 4) is 0 Å². The number of nitrogens with one attached hydrogen (secondary N) is 2. The van der Waals surface area contributed by atoms with Crippen molar-refractivity contribution in [3.63, 3.8) is 0 Å². The fraction of sp³-hybridized carbons (Fsp3) is 0.286. The molecule has 2 aromatic carbocycles. The minimum absolute atomic E-state index is 0.0123. The highest BCUT2D eigenvalue weighted by atomic mass is 31.2. The van der Waals surface area contributed by atoms with Crippen LogP contribution in [0.5, 0.6) is 0 Å². The van der Waals surface area contributed by atoms with Gasteiger partial charge in [-0.3, -0.25) is 18.4 Å². The van der Waals surface area contributed by atoms with E-state index in [1.807, 2.05) is 0 Å². The summed E-state index contributed by atoms with van der Waals surface area (Å²) in [5, 5.41) is 3.48. The van der Waals surface area contributed by atoms with Gasteiger partial charge in [0.1, 0.15) is 0 Å². The minimum Gasteiger partial charge on any atom is -0.356 e. The summed E-state index contributed by atoms with van der Waals surface area (Å²) in [4.78, 5) is 15.5. The van der Waals surface area contributed by atoms with E-state index in [1.165, 1.54) is 18.2 Å². The van der Waals surface area contributed by atoms with Gasteiger partial charge in [-0.2, -0.15) is 13.2 Å². The van der Waals surface area contributed by atoms with Crippen LogP contribution in [0, 0.1) is 0 Å². The summed E-state index contributed by atoms with van der Waals surface area (Å²) in [7, 11) is -4.09. The topological polar surface area (TPSA) is 89.7 Å². The fourth-order valence-electron chi connectivity index (χ4n) is 2.97. The van der Waals surface area contributed by atoms with Crippen molar-refractivity contribution in [1.29, 1.82) is 0 Å². The number of alkyl halides is 3. The second-order valence-electron chi connectivity index (χ2n) is 6.63. The highest BCUT2D eigenvalue weighted by molar-refractivity contribution is 7.48. The molecule has 1 atom stereocenters. The number of halogens is 3. The lowest BCUT2D eigenvalue weighted by Crippen LogP contribution is -2.24. The molecule has 1 heterocycles. The van der Waals surface area contributed by atoms with Crippen LogP contribution in [0.1, 0.15) is 31.2 Å². The summed E-state index contributed by atoms with van der Waals surface area (Å²) in [6.45, 7) is 3.21. The largest absolute Gasteiger partial charge is 0.476 e. The number of hydrogen-bond acceptors (Lipinski definition) is 6. The zero-order valence-electron chi connectivity index (χ0n) is 17.3. The van der Waals surface area contributed by atoms with Crippen LogP contribution < -0.4 is 10.9 Å². The van der Waals surface area contributed by atoms with Crippen molar-refractivity contribution in [2.45, 2.75) is 26.3 Å². The van der Waals surface area contributed by atoms with Crippen molar-refractivity contribution in [3.05, 3.63) is 76.1 Å². The molecule has 2 N–H and O–H groups in total. The molecule has 11 heteroatoms. The number of rotatable bonds is 9. The highest BCUT2D eigenvalue weighted by Gasteiger charge is 2.33. The highest BCUT2D eigenvalue weighted by Crippen LogP contribution is 2.52. The van der Waals surface area contributed by atoms with Crippen molar-refractivity contribution in [2.24, 2.45) is 0 Å². The molecule has 3 aromatic rings. The van der Waals surface area contributed by atoms with Crippen LogP contribution in [0.15, 0.2) is 59.4 Å².